The van der Waals surface area contributed by atoms with E-state index in [2.05, 4.69) is 5.32 Å². The minimum absolute atomic E-state index is 0.112. The Hall–Kier alpha value is -3.45. The van der Waals surface area contributed by atoms with E-state index in [1.54, 1.807) is 36.4 Å². The molecule has 0 heterocycles. The number of carboxylic acids is 1. The summed E-state index contributed by atoms with van der Waals surface area (Å²) in [6.45, 7) is 3.39. The summed E-state index contributed by atoms with van der Waals surface area (Å²) >= 11 is 0. The van der Waals surface area contributed by atoms with Crippen molar-refractivity contribution >= 4 is 27.3 Å². The number of hydrogen-bond donors (Lipinski definition) is 2. The average molecular weight is 480 g/mol. The predicted molar refractivity (Wildman–Crippen MR) is 133 cm³/mol. The van der Waals surface area contributed by atoms with Gasteiger partial charge in [-0.3, -0.25) is 4.79 Å². The third-order valence-electron chi connectivity index (χ3n) is 5.73. The summed E-state index contributed by atoms with van der Waals surface area (Å²) in [5, 5.41) is 11.5. The van der Waals surface area contributed by atoms with Crippen LogP contribution in [0.2, 0.25) is 0 Å². The molecule has 34 heavy (non-hydrogen) atoms. The number of para-hydroxylation sites is 1. The maximum atomic E-state index is 13.4. The Morgan fingerprint density at radius 1 is 0.882 bits per heavy atom. The Labute approximate surface area is 200 Å². The van der Waals surface area contributed by atoms with E-state index >= 15 is 0 Å². The van der Waals surface area contributed by atoms with Crippen molar-refractivity contribution in [1.82, 2.24) is 0 Å². The van der Waals surface area contributed by atoms with Crippen molar-refractivity contribution in [3.05, 3.63) is 95.1 Å². The van der Waals surface area contributed by atoms with Gasteiger partial charge in [0.25, 0.3) is 0 Å². The first-order valence-electron chi connectivity index (χ1n) is 11.2. The summed E-state index contributed by atoms with van der Waals surface area (Å²) in [5.41, 5.74) is 3.46. The Balaban J connectivity index is 1.80. The van der Waals surface area contributed by atoms with Gasteiger partial charge in [-0.2, -0.15) is 0 Å². The fourth-order valence-electron chi connectivity index (χ4n) is 3.76. The highest BCUT2D eigenvalue weighted by molar-refractivity contribution is 7.92. The van der Waals surface area contributed by atoms with E-state index in [-0.39, 0.29) is 16.2 Å². The van der Waals surface area contributed by atoms with E-state index in [4.69, 9.17) is 5.11 Å². The summed E-state index contributed by atoms with van der Waals surface area (Å²) in [7, 11) is -3.68. The number of Topliss-reactive ketones (excluding diaryl/α,β-unsaturated/α-hetero) is 1. The van der Waals surface area contributed by atoms with Gasteiger partial charge in [-0.15, -0.1) is 0 Å². The van der Waals surface area contributed by atoms with E-state index in [0.29, 0.717) is 31.2 Å². The number of carbonyl (C=O) groups excluding carboxylic acids is 1. The fraction of sp³-hybridized carbons (Fsp3) is 0.259. The number of aromatic carboxylic acids is 1. The number of nitrogens with one attached hydrogen (secondary N) is 1. The first-order valence-corrected chi connectivity index (χ1v) is 12.8. The smallest absolute Gasteiger partial charge is 0.335 e. The Morgan fingerprint density at radius 2 is 1.50 bits per heavy atom. The third kappa shape index (κ3) is 6.11. The zero-order chi connectivity index (χ0) is 24.7. The van der Waals surface area contributed by atoms with Gasteiger partial charge in [-0.1, -0.05) is 55.8 Å². The molecule has 0 aromatic heterocycles. The van der Waals surface area contributed by atoms with Crippen LogP contribution in [0.3, 0.4) is 0 Å². The van der Waals surface area contributed by atoms with Crippen LogP contribution in [0.15, 0.2) is 77.7 Å². The number of carbonyl (C=O) groups is 2. The van der Waals surface area contributed by atoms with E-state index in [1.807, 2.05) is 31.2 Å². The zero-order valence-electron chi connectivity index (χ0n) is 19.3. The van der Waals surface area contributed by atoms with Gasteiger partial charge in [0.2, 0.25) is 0 Å². The van der Waals surface area contributed by atoms with Crippen molar-refractivity contribution in [3.63, 3.8) is 0 Å². The molecule has 6 nitrogen and oxygen atoms in total. The number of aryl methyl sites for hydroxylation is 2. The predicted octanol–water partition coefficient (Wildman–Crippen LogP) is 5.38. The second kappa shape index (κ2) is 11.1. The minimum Gasteiger partial charge on any atom is -0.478 e. The van der Waals surface area contributed by atoms with Crippen LogP contribution in [0.1, 0.15) is 58.5 Å². The number of benzene rings is 3. The van der Waals surface area contributed by atoms with Crippen LogP contribution in [-0.4, -0.2) is 30.7 Å². The monoisotopic (exact) mass is 479 g/mol. The van der Waals surface area contributed by atoms with Crippen molar-refractivity contribution in [3.8, 4) is 0 Å². The highest BCUT2D eigenvalue weighted by Crippen LogP contribution is 2.25. The van der Waals surface area contributed by atoms with Crippen molar-refractivity contribution in [1.29, 1.82) is 0 Å². The topological polar surface area (TPSA) is 101 Å². The van der Waals surface area contributed by atoms with Crippen LogP contribution >= 0.6 is 0 Å². The van der Waals surface area contributed by atoms with Gasteiger partial charge in [0.05, 0.1) is 10.5 Å². The number of anilines is 1. The van der Waals surface area contributed by atoms with Gasteiger partial charge < -0.3 is 10.4 Å². The number of sulfone groups is 1. The summed E-state index contributed by atoms with van der Waals surface area (Å²) < 4.78 is 26.8. The molecule has 3 aromatic carbocycles. The Kier molecular flexibility index (Phi) is 8.23. The molecule has 0 fully saturated rings. The molecule has 0 bridgehead atoms. The summed E-state index contributed by atoms with van der Waals surface area (Å²) in [6.07, 6.45) is 2.47. The molecule has 7 heteroatoms. The number of carboxylic acid groups (broad SMARTS) is 1. The first kappa shape index (κ1) is 25.2. The van der Waals surface area contributed by atoms with Crippen LogP contribution in [0.4, 0.5) is 5.69 Å². The molecule has 3 rings (SSSR count). The van der Waals surface area contributed by atoms with Gasteiger partial charge in [0.1, 0.15) is 5.37 Å². The average Bonchev–Trinajstić information content (AvgIpc) is 2.83. The van der Waals surface area contributed by atoms with E-state index in [1.165, 1.54) is 19.1 Å². The van der Waals surface area contributed by atoms with Crippen molar-refractivity contribution in [2.75, 3.05) is 5.32 Å². The van der Waals surface area contributed by atoms with Gasteiger partial charge >= 0.3 is 5.97 Å². The molecule has 3 aromatic rings. The second-order valence-electron chi connectivity index (χ2n) is 8.21. The van der Waals surface area contributed by atoms with Crippen molar-refractivity contribution in [2.24, 2.45) is 0 Å². The van der Waals surface area contributed by atoms with Crippen LogP contribution in [0.5, 0.6) is 0 Å². The molecule has 2 N–H and O–H groups in total. The van der Waals surface area contributed by atoms with E-state index in [0.717, 1.165) is 16.8 Å². The summed E-state index contributed by atoms with van der Waals surface area (Å²) in [6, 6.07) is 20.5. The number of rotatable bonds is 11. The highest BCUT2D eigenvalue weighted by atomic mass is 32.2. The standard InChI is InChI=1S/C27H29NO5S/c1-3-6-26(34(32,33)24-17-15-21(16-18-24)19(2)29)28-25-8-5-4-7-22(25)12-9-20-10-13-23(14-11-20)27(30)31/h4-5,7-8,10-11,13-18,26,28H,3,6,9,12H2,1-2H3,(H,30,31). The minimum atomic E-state index is -3.68. The largest absolute Gasteiger partial charge is 0.478 e. The Bertz CT molecular complexity index is 1250. The zero-order valence-corrected chi connectivity index (χ0v) is 20.1. The SMILES string of the molecule is CCCC(Nc1ccccc1CCc1ccc(C(=O)O)cc1)S(=O)(=O)c1ccc(C(C)=O)cc1. The quantitative estimate of drug-likeness (QED) is 0.358. The molecule has 0 spiro atoms. The molecular formula is C27H29NO5S. The molecule has 1 atom stereocenters. The lowest BCUT2D eigenvalue weighted by Gasteiger charge is -2.22. The number of ketones is 1. The maximum Gasteiger partial charge on any atom is 0.335 e. The van der Waals surface area contributed by atoms with Crippen molar-refractivity contribution < 1.29 is 23.1 Å². The summed E-state index contributed by atoms with van der Waals surface area (Å²) in [5.74, 6) is -1.07. The molecule has 0 saturated carbocycles. The highest BCUT2D eigenvalue weighted by Gasteiger charge is 2.27. The van der Waals surface area contributed by atoms with E-state index < -0.39 is 21.2 Å². The van der Waals surface area contributed by atoms with Gasteiger partial charge in [0, 0.05) is 11.3 Å². The normalized spacial score (nSPS) is 12.2. The second-order valence-corrected chi connectivity index (χ2v) is 10.3. The molecule has 0 radical (unpaired) electrons. The Morgan fingerprint density at radius 3 is 2.09 bits per heavy atom. The lowest BCUT2D eigenvalue weighted by atomic mass is 10.0. The van der Waals surface area contributed by atoms with Gasteiger partial charge in [-0.05, 0) is 67.6 Å². The molecule has 178 valence electrons. The maximum absolute atomic E-state index is 13.4. The molecule has 0 amide bonds. The summed E-state index contributed by atoms with van der Waals surface area (Å²) in [4.78, 5) is 22.8. The molecule has 0 aliphatic heterocycles. The lowest BCUT2D eigenvalue weighted by molar-refractivity contribution is 0.0696. The molecule has 1 unspecified atom stereocenters. The molecule has 0 saturated heterocycles. The van der Waals surface area contributed by atoms with Gasteiger partial charge in [0.15, 0.2) is 15.6 Å². The lowest BCUT2D eigenvalue weighted by Crippen LogP contribution is -2.30. The van der Waals surface area contributed by atoms with Crippen LogP contribution in [-0.2, 0) is 22.7 Å². The van der Waals surface area contributed by atoms with Gasteiger partial charge in [-0.25, -0.2) is 13.2 Å². The van der Waals surface area contributed by atoms with Crippen LogP contribution < -0.4 is 5.32 Å². The third-order valence-corrected chi connectivity index (χ3v) is 7.76. The van der Waals surface area contributed by atoms with E-state index in [9.17, 15) is 18.0 Å². The molecule has 0 aliphatic carbocycles. The first-order chi connectivity index (χ1) is 16.2. The molecular weight excluding hydrogens is 450 g/mol. The number of hydrogen-bond acceptors (Lipinski definition) is 5. The fourth-order valence-corrected chi connectivity index (χ4v) is 5.43. The van der Waals surface area contributed by atoms with Crippen LogP contribution in [0.25, 0.3) is 0 Å². The van der Waals surface area contributed by atoms with Crippen molar-refractivity contribution in [2.45, 2.75) is 49.8 Å². The van der Waals surface area contributed by atoms with Crippen LogP contribution in [0, 0.1) is 0 Å². The molecule has 0 aliphatic rings.